The number of methoxy groups -OCH3 is 1. The molecule has 0 saturated heterocycles. The number of hydrogen-bond acceptors (Lipinski definition) is 7. The number of nitrogens with zero attached hydrogens (tertiary/aromatic N) is 5. The molecule has 9 nitrogen and oxygen atoms in total. The topological polar surface area (TPSA) is 102 Å². The van der Waals surface area contributed by atoms with E-state index in [4.69, 9.17) is 9.15 Å². The Morgan fingerprint density at radius 1 is 1.05 bits per heavy atom. The lowest BCUT2D eigenvalue weighted by atomic mass is 10.00. The minimum atomic E-state index is -0.177. The van der Waals surface area contributed by atoms with Crippen LogP contribution in [0.25, 0.3) is 10.9 Å². The Morgan fingerprint density at radius 2 is 1.89 bits per heavy atom. The van der Waals surface area contributed by atoms with E-state index in [0.29, 0.717) is 25.2 Å². The summed E-state index contributed by atoms with van der Waals surface area (Å²) in [6.45, 7) is 5.69. The molecule has 0 spiro atoms. The molecule has 0 saturated carbocycles. The second kappa shape index (κ2) is 10.8. The van der Waals surface area contributed by atoms with E-state index in [1.165, 1.54) is 0 Å². The van der Waals surface area contributed by atoms with E-state index in [2.05, 4.69) is 51.4 Å². The monoisotopic (exact) mass is 498 g/mol. The van der Waals surface area contributed by atoms with Crippen molar-refractivity contribution in [1.29, 1.82) is 0 Å². The number of fused-ring (bicyclic) bond motifs is 1. The number of aromatic amines is 1. The van der Waals surface area contributed by atoms with E-state index in [1.807, 2.05) is 59.3 Å². The van der Waals surface area contributed by atoms with E-state index in [1.54, 1.807) is 13.4 Å². The molecule has 0 aliphatic carbocycles. The maximum Gasteiger partial charge on any atom is 0.252 e. The molecule has 0 aliphatic heterocycles. The van der Waals surface area contributed by atoms with Crippen molar-refractivity contribution in [1.82, 2.24) is 30.1 Å². The number of nitrogens with one attached hydrogen (secondary N) is 1. The highest BCUT2D eigenvalue weighted by Crippen LogP contribution is 2.31. The Hall–Kier alpha value is -4.24. The van der Waals surface area contributed by atoms with Crippen LogP contribution in [0.4, 0.5) is 0 Å². The minimum Gasteiger partial charge on any atom is -0.497 e. The van der Waals surface area contributed by atoms with Gasteiger partial charge in [0.15, 0.2) is 5.82 Å². The lowest BCUT2D eigenvalue weighted by Crippen LogP contribution is -2.35. The molecule has 0 aliphatic rings. The van der Waals surface area contributed by atoms with Crippen molar-refractivity contribution in [2.24, 2.45) is 5.92 Å². The van der Waals surface area contributed by atoms with Crippen LogP contribution in [0, 0.1) is 5.92 Å². The molecular weight excluding hydrogens is 468 g/mol. The van der Waals surface area contributed by atoms with Gasteiger partial charge in [0.1, 0.15) is 11.5 Å². The van der Waals surface area contributed by atoms with Gasteiger partial charge < -0.3 is 14.1 Å². The second-order valence-corrected chi connectivity index (χ2v) is 9.43. The molecule has 0 unspecified atom stereocenters. The van der Waals surface area contributed by atoms with E-state index in [-0.39, 0.29) is 17.5 Å². The number of rotatable bonds is 10. The van der Waals surface area contributed by atoms with Crippen molar-refractivity contribution in [3.8, 4) is 5.75 Å². The lowest BCUT2D eigenvalue weighted by molar-refractivity contribution is 0.116. The van der Waals surface area contributed by atoms with Gasteiger partial charge in [-0.1, -0.05) is 44.2 Å². The predicted octanol–water partition coefficient (Wildman–Crippen LogP) is 4.56. The van der Waals surface area contributed by atoms with Gasteiger partial charge in [-0.15, -0.1) is 5.10 Å². The van der Waals surface area contributed by atoms with Crippen molar-refractivity contribution < 1.29 is 9.15 Å². The first-order valence-corrected chi connectivity index (χ1v) is 12.3. The minimum absolute atomic E-state index is 0.131. The molecular formula is C28H30N6O3. The van der Waals surface area contributed by atoms with Crippen LogP contribution < -0.4 is 10.3 Å². The average molecular weight is 499 g/mol. The average Bonchev–Trinajstić information content (AvgIpc) is 3.57. The molecule has 2 aromatic carbocycles. The molecule has 0 fully saturated rings. The van der Waals surface area contributed by atoms with Gasteiger partial charge >= 0.3 is 0 Å². The zero-order valence-corrected chi connectivity index (χ0v) is 21.2. The van der Waals surface area contributed by atoms with Crippen molar-refractivity contribution in [3.63, 3.8) is 0 Å². The molecule has 190 valence electrons. The molecule has 5 aromatic rings. The van der Waals surface area contributed by atoms with Crippen LogP contribution in [0.2, 0.25) is 0 Å². The summed E-state index contributed by atoms with van der Waals surface area (Å²) < 4.78 is 12.9. The summed E-state index contributed by atoms with van der Waals surface area (Å²) in [6.07, 6.45) is 1.66. The Labute approximate surface area is 214 Å². The number of ether oxygens (including phenoxy) is 1. The molecule has 3 heterocycles. The summed E-state index contributed by atoms with van der Waals surface area (Å²) in [4.78, 5) is 18.3. The normalized spacial score (nSPS) is 12.5. The van der Waals surface area contributed by atoms with Crippen molar-refractivity contribution >= 4 is 10.9 Å². The number of pyridine rings is 1. The van der Waals surface area contributed by atoms with Crippen LogP contribution >= 0.6 is 0 Å². The van der Waals surface area contributed by atoms with Crippen LogP contribution in [0.5, 0.6) is 5.75 Å². The van der Waals surface area contributed by atoms with Gasteiger partial charge in [0.25, 0.3) is 5.56 Å². The highest BCUT2D eigenvalue weighted by atomic mass is 16.5. The zero-order chi connectivity index (χ0) is 25.8. The fraction of sp³-hybridized carbons (Fsp3) is 0.286. The summed E-state index contributed by atoms with van der Waals surface area (Å²) in [5.74, 6) is 2.42. The highest BCUT2D eigenvalue weighted by molar-refractivity contribution is 5.80. The third kappa shape index (κ3) is 5.46. The van der Waals surface area contributed by atoms with E-state index >= 15 is 0 Å². The van der Waals surface area contributed by atoms with Gasteiger partial charge in [-0.25, -0.2) is 4.68 Å². The van der Waals surface area contributed by atoms with Crippen molar-refractivity contribution in [3.05, 3.63) is 106 Å². The van der Waals surface area contributed by atoms with Gasteiger partial charge in [0.2, 0.25) is 0 Å². The van der Waals surface area contributed by atoms with Gasteiger partial charge in [0.05, 0.1) is 32.5 Å². The number of hydrogen-bond donors (Lipinski definition) is 1. The summed E-state index contributed by atoms with van der Waals surface area (Å²) >= 11 is 0. The number of tetrazole rings is 1. The lowest BCUT2D eigenvalue weighted by Gasteiger charge is -2.33. The zero-order valence-electron chi connectivity index (χ0n) is 21.2. The molecule has 0 amide bonds. The summed E-state index contributed by atoms with van der Waals surface area (Å²) in [5, 5.41) is 13.7. The van der Waals surface area contributed by atoms with Gasteiger partial charge in [-0.3, -0.25) is 9.69 Å². The Kier molecular flexibility index (Phi) is 7.14. The quantitative estimate of drug-likeness (QED) is 0.301. The molecule has 0 radical (unpaired) electrons. The van der Waals surface area contributed by atoms with E-state index < -0.39 is 0 Å². The van der Waals surface area contributed by atoms with Crippen molar-refractivity contribution in [2.75, 3.05) is 7.11 Å². The molecule has 37 heavy (non-hydrogen) atoms. The molecule has 1 atom stereocenters. The fourth-order valence-electron chi connectivity index (χ4n) is 4.72. The maximum absolute atomic E-state index is 13.1. The van der Waals surface area contributed by atoms with Crippen LogP contribution in [-0.4, -0.2) is 37.2 Å². The molecule has 3 aromatic heterocycles. The number of benzene rings is 2. The largest absolute Gasteiger partial charge is 0.497 e. The van der Waals surface area contributed by atoms with Crippen LogP contribution in [0.15, 0.2) is 82.2 Å². The smallest absolute Gasteiger partial charge is 0.252 e. The molecule has 0 bridgehead atoms. The molecule has 5 rings (SSSR count). The second-order valence-electron chi connectivity index (χ2n) is 9.43. The Bertz CT molecular complexity index is 1510. The first-order valence-electron chi connectivity index (χ1n) is 12.3. The van der Waals surface area contributed by atoms with Gasteiger partial charge in [-0.05, 0) is 58.3 Å². The summed E-state index contributed by atoms with van der Waals surface area (Å²) in [6, 6.07) is 21.3. The predicted molar refractivity (Wildman–Crippen MR) is 140 cm³/mol. The van der Waals surface area contributed by atoms with E-state index in [9.17, 15) is 4.79 Å². The molecule has 1 N–H and O–H groups in total. The summed E-state index contributed by atoms with van der Waals surface area (Å²) in [7, 11) is 1.63. The third-order valence-electron chi connectivity index (χ3n) is 6.46. The van der Waals surface area contributed by atoms with Crippen molar-refractivity contribution in [2.45, 2.75) is 39.5 Å². The van der Waals surface area contributed by atoms with E-state index in [0.717, 1.165) is 33.8 Å². The standard InChI is InChI=1S/C28H30N6O3/c1-19(2)26(27-30-31-32-34(27)16-20-8-5-4-6-9-20)33(18-24-10-7-13-37-24)17-22-14-21-15-23(36-3)11-12-25(21)29-28(22)35/h4-15,19,26H,16-18H2,1-3H3,(H,29,35)/t26-/m0/s1. The Balaban J connectivity index is 1.54. The third-order valence-corrected chi connectivity index (χ3v) is 6.46. The van der Waals surface area contributed by atoms with Gasteiger partial charge in [-0.2, -0.15) is 0 Å². The summed E-state index contributed by atoms with van der Waals surface area (Å²) in [5.41, 5.74) is 2.38. The first-order chi connectivity index (χ1) is 18.0. The fourth-order valence-corrected chi connectivity index (χ4v) is 4.72. The highest BCUT2D eigenvalue weighted by Gasteiger charge is 2.30. The number of furan rings is 1. The SMILES string of the molecule is COc1ccc2[nH]c(=O)c(CN(Cc3ccco3)[C@H](c3nnnn3Cc3ccccc3)C(C)C)cc2c1. The van der Waals surface area contributed by atoms with Crippen LogP contribution in [0.3, 0.4) is 0 Å². The Morgan fingerprint density at radius 3 is 2.62 bits per heavy atom. The van der Waals surface area contributed by atoms with Gasteiger partial charge in [0, 0.05) is 23.0 Å². The molecule has 9 heteroatoms. The number of aromatic nitrogens is 5. The van der Waals surface area contributed by atoms with Crippen LogP contribution in [0.1, 0.15) is 42.6 Å². The maximum atomic E-state index is 13.1. The van der Waals surface area contributed by atoms with Crippen LogP contribution in [-0.2, 0) is 19.6 Å². The first kappa shape index (κ1) is 24.5. The number of H-pyrrole nitrogens is 1.